The lowest BCUT2D eigenvalue weighted by atomic mass is 10.4. The van der Waals surface area contributed by atoms with E-state index in [1.54, 1.807) is 55.1 Å². The molecule has 0 aromatic carbocycles. The summed E-state index contributed by atoms with van der Waals surface area (Å²) in [5.74, 6) is 5.36. The predicted octanol–water partition coefficient (Wildman–Crippen LogP) is 7.97. The van der Waals surface area contributed by atoms with Crippen molar-refractivity contribution in [2.45, 2.75) is 40.0 Å². The van der Waals surface area contributed by atoms with Gasteiger partial charge < -0.3 is 18.9 Å². The van der Waals surface area contributed by atoms with Crippen LogP contribution >= 0.6 is 45.3 Å². The normalized spacial score (nSPS) is 10.2. The SMILES string of the molecule is CC#CC.O=C(OCCOCCOCCOC(=O)N(Cc1cccs1)Cc1cccs1)N(Cc1cccs1)Cc1cccs1. The molecule has 4 heterocycles. The number of ether oxygens (including phenoxy) is 4. The van der Waals surface area contributed by atoms with Gasteiger partial charge in [0.05, 0.1) is 52.6 Å². The first-order valence-corrected chi connectivity index (χ1v) is 17.5. The Morgan fingerprint density at radius 2 is 0.841 bits per heavy atom. The van der Waals surface area contributed by atoms with Crippen molar-refractivity contribution in [3.8, 4) is 11.8 Å². The second-order valence-electron chi connectivity index (χ2n) is 8.98. The second-order valence-corrected chi connectivity index (χ2v) is 13.1. The van der Waals surface area contributed by atoms with E-state index in [1.807, 2.05) is 83.9 Å². The van der Waals surface area contributed by atoms with Crippen LogP contribution in [0.1, 0.15) is 33.4 Å². The Hall–Kier alpha value is -3.18. The number of carbonyl (C=O) groups excluding carboxylic acids is 2. The quantitative estimate of drug-likeness (QED) is 0.0835. The topological polar surface area (TPSA) is 77.5 Å². The molecule has 12 heteroatoms. The third-order valence-electron chi connectivity index (χ3n) is 5.75. The molecule has 0 aliphatic heterocycles. The molecule has 4 rings (SSSR count). The van der Waals surface area contributed by atoms with E-state index < -0.39 is 0 Å². The first-order valence-electron chi connectivity index (χ1n) is 14.0. The number of thiophene rings is 4. The summed E-state index contributed by atoms with van der Waals surface area (Å²) in [6.45, 7) is 7.23. The molecule has 0 bridgehead atoms. The molecule has 0 saturated carbocycles. The summed E-state index contributed by atoms with van der Waals surface area (Å²) in [6.07, 6.45) is -0.730. The third-order valence-corrected chi connectivity index (χ3v) is 9.20. The zero-order chi connectivity index (χ0) is 31.2. The first-order chi connectivity index (χ1) is 21.6. The summed E-state index contributed by atoms with van der Waals surface area (Å²) in [5, 5.41) is 7.99. The molecule has 0 radical (unpaired) electrons. The number of hydrogen-bond acceptors (Lipinski definition) is 10. The highest BCUT2D eigenvalue weighted by atomic mass is 32.1. The van der Waals surface area contributed by atoms with Crippen LogP contribution in [0.5, 0.6) is 0 Å². The Labute approximate surface area is 275 Å². The fourth-order valence-electron chi connectivity index (χ4n) is 3.61. The van der Waals surface area contributed by atoms with Gasteiger partial charge in [0.25, 0.3) is 0 Å². The van der Waals surface area contributed by atoms with Gasteiger partial charge >= 0.3 is 12.2 Å². The third kappa shape index (κ3) is 14.1. The van der Waals surface area contributed by atoms with Gasteiger partial charge in [-0.05, 0) is 59.6 Å². The Balaban J connectivity index is 0.00000124. The molecule has 4 aromatic heterocycles. The maximum absolute atomic E-state index is 12.7. The highest BCUT2D eigenvalue weighted by Crippen LogP contribution is 2.19. The second kappa shape index (κ2) is 21.5. The van der Waals surface area contributed by atoms with Crippen LogP contribution in [0.3, 0.4) is 0 Å². The molecule has 44 heavy (non-hydrogen) atoms. The molecule has 0 spiro atoms. The van der Waals surface area contributed by atoms with Gasteiger partial charge in [-0.3, -0.25) is 9.80 Å². The monoisotopic (exact) mass is 674 g/mol. The van der Waals surface area contributed by atoms with Crippen molar-refractivity contribution in [3.63, 3.8) is 0 Å². The van der Waals surface area contributed by atoms with Crippen LogP contribution in [0.25, 0.3) is 0 Å². The van der Waals surface area contributed by atoms with Crippen LogP contribution < -0.4 is 0 Å². The lowest BCUT2D eigenvalue weighted by molar-refractivity contribution is 0.00750. The number of hydrogen-bond donors (Lipinski definition) is 0. The van der Waals surface area contributed by atoms with Gasteiger partial charge in [0.15, 0.2) is 0 Å². The lowest BCUT2D eigenvalue weighted by Crippen LogP contribution is -2.31. The summed E-state index contributed by atoms with van der Waals surface area (Å²) in [7, 11) is 0. The van der Waals surface area contributed by atoms with Gasteiger partial charge in [-0.2, -0.15) is 0 Å². The van der Waals surface area contributed by atoms with E-state index in [-0.39, 0.29) is 38.6 Å². The van der Waals surface area contributed by atoms with Gasteiger partial charge in [-0.15, -0.1) is 57.2 Å². The van der Waals surface area contributed by atoms with E-state index in [2.05, 4.69) is 11.8 Å². The molecule has 0 atom stereocenters. The summed E-state index contributed by atoms with van der Waals surface area (Å²) in [6, 6.07) is 15.9. The molecule has 8 nitrogen and oxygen atoms in total. The molecule has 236 valence electrons. The van der Waals surface area contributed by atoms with Crippen molar-refractivity contribution >= 4 is 57.5 Å². The molecule has 0 unspecified atom stereocenters. The minimum absolute atomic E-state index is 0.159. The molecule has 0 aliphatic rings. The standard InChI is InChI=1S/C28H32N2O6S4.C4H6/c31-27(29(19-23-5-1-15-37-23)20-24-6-2-16-38-24)35-13-11-33-9-10-34-12-14-36-28(32)30(21-25-7-3-17-39-25)22-26-8-4-18-40-26;1-3-4-2/h1-8,15-18H,9-14,19-22H2;1-2H3. The van der Waals surface area contributed by atoms with Crippen molar-refractivity contribution in [2.24, 2.45) is 0 Å². The van der Waals surface area contributed by atoms with E-state index >= 15 is 0 Å². The Morgan fingerprint density at radius 3 is 1.09 bits per heavy atom. The van der Waals surface area contributed by atoms with Gasteiger partial charge in [-0.25, -0.2) is 9.59 Å². The van der Waals surface area contributed by atoms with E-state index in [0.717, 1.165) is 19.5 Å². The van der Waals surface area contributed by atoms with Gasteiger partial charge in [-0.1, -0.05) is 24.3 Å². The average Bonchev–Trinajstić information content (AvgIpc) is 3.87. The van der Waals surface area contributed by atoms with Crippen molar-refractivity contribution in [3.05, 3.63) is 89.6 Å². The van der Waals surface area contributed by atoms with E-state index in [4.69, 9.17) is 18.9 Å². The van der Waals surface area contributed by atoms with Gasteiger partial charge in [0, 0.05) is 19.5 Å². The molecule has 0 N–H and O–H groups in total. The largest absolute Gasteiger partial charge is 0.447 e. The predicted molar refractivity (Wildman–Crippen MR) is 179 cm³/mol. The minimum Gasteiger partial charge on any atom is -0.447 e. The first kappa shape index (κ1) is 35.3. The highest BCUT2D eigenvalue weighted by Gasteiger charge is 2.18. The maximum Gasteiger partial charge on any atom is 0.410 e. The average molecular weight is 675 g/mol. The number of rotatable bonds is 17. The molecule has 0 fully saturated rings. The fraction of sp³-hybridized carbons (Fsp3) is 0.375. The number of amides is 2. The van der Waals surface area contributed by atoms with E-state index in [0.29, 0.717) is 39.4 Å². The van der Waals surface area contributed by atoms with Crippen LogP contribution in [0.2, 0.25) is 0 Å². The van der Waals surface area contributed by atoms with Crippen LogP contribution in [0.15, 0.2) is 70.1 Å². The van der Waals surface area contributed by atoms with Gasteiger partial charge in [0.1, 0.15) is 13.2 Å². The smallest absolute Gasteiger partial charge is 0.410 e. The van der Waals surface area contributed by atoms with Crippen LogP contribution in [-0.4, -0.2) is 61.6 Å². The zero-order valence-electron chi connectivity index (χ0n) is 25.0. The van der Waals surface area contributed by atoms with Gasteiger partial charge in [0.2, 0.25) is 0 Å². The summed E-state index contributed by atoms with van der Waals surface area (Å²) < 4.78 is 21.9. The van der Waals surface area contributed by atoms with E-state index in [9.17, 15) is 9.59 Å². The fourth-order valence-corrected chi connectivity index (χ4v) is 6.49. The number of carbonyl (C=O) groups is 2. The van der Waals surface area contributed by atoms with Crippen molar-refractivity contribution in [2.75, 3.05) is 39.6 Å². The van der Waals surface area contributed by atoms with Crippen molar-refractivity contribution < 1.29 is 28.5 Å². The molecular weight excluding hydrogens is 637 g/mol. The Kier molecular flexibility index (Phi) is 17.3. The van der Waals surface area contributed by atoms with Crippen LogP contribution in [-0.2, 0) is 45.1 Å². The molecular formula is C32H38N2O6S4. The lowest BCUT2D eigenvalue weighted by Gasteiger charge is -2.21. The van der Waals surface area contributed by atoms with E-state index in [1.165, 1.54) is 0 Å². The highest BCUT2D eigenvalue weighted by molar-refractivity contribution is 7.10. The van der Waals surface area contributed by atoms with Crippen molar-refractivity contribution in [1.29, 1.82) is 0 Å². The summed E-state index contributed by atoms with van der Waals surface area (Å²) in [5.41, 5.74) is 0. The Bertz CT molecular complexity index is 1170. The number of nitrogens with zero attached hydrogens (tertiary/aromatic N) is 2. The molecule has 0 aliphatic carbocycles. The zero-order valence-corrected chi connectivity index (χ0v) is 28.2. The summed E-state index contributed by atoms with van der Waals surface area (Å²) >= 11 is 6.46. The van der Waals surface area contributed by atoms with Crippen LogP contribution in [0.4, 0.5) is 9.59 Å². The minimum atomic E-state index is -0.365. The molecule has 0 saturated heterocycles. The maximum atomic E-state index is 12.7. The van der Waals surface area contributed by atoms with Crippen LogP contribution in [0, 0.1) is 11.8 Å². The molecule has 2 amide bonds. The Morgan fingerprint density at radius 1 is 0.545 bits per heavy atom. The van der Waals surface area contributed by atoms with Crippen molar-refractivity contribution in [1.82, 2.24) is 9.80 Å². The summed E-state index contributed by atoms with van der Waals surface area (Å²) in [4.78, 5) is 33.1. The molecule has 4 aromatic rings.